The van der Waals surface area contributed by atoms with Gasteiger partial charge in [0, 0.05) is 18.7 Å². The van der Waals surface area contributed by atoms with Crippen LogP contribution >= 0.6 is 0 Å². The van der Waals surface area contributed by atoms with Crippen molar-refractivity contribution in [3.63, 3.8) is 0 Å². The molecule has 1 aliphatic heterocycles. The molecule has 1 fully saturated rings. The number of nitrogens with zero attached hydrogens (tertiary/aromatic N) is 2. The average molecular weight is 172 g/mol. The molecule has 1 unspecified atom stereocenters. The highest BCUT2D eigenvalue weighted by molar-refractivity contribution is 5.47. The second kappa shape index (κ2) is 3.49. The first-order valence-corrected chi connectivity index (χ1v) is 4.57. The van der Waals surface area contributed by atoms with Gasteiger partial charge in [-0.2, -0.15) is 0 Å². The topological polar surface area (TPSA) is 7.60 Å². The molecule has 1 aliphatic rings. The highest BCUT2D eigenvalue weighted by atomic mass is 15.2. The van der Waals surface area contributed by atoms with Crippen molar-refractivity contribution in [3.05, 3.63) is 41.7 Å². The molecule has 66 valence electrons. The van der Waals surface area contributed by atoms with Crippen LogP contribution in [0.25, 0.3) is 4.85 Å². The van der Waals surface area contributed by atoms with Gasteiger partial charge in [-0.25, -0.2) is 6.57 Å². The lowest BCUT2D eigenvalue weighted by molar-refractivity contribution is 0.865. The molecule has 13 heavy (non-hydrogen) atoms. The van der Waals surface area contributed by atoms with Crippen LogP contribution in [-0.2, 0) is 0 Å². The summed E-state index contributed by atoms with van der Waals surface area (Å²) in [5, 5.41) is 0. The van der Waals surface area contributed by atoms with Crippen molar-refractivity contribution in [2.75, 3.05) is 18.0 Å². The van der Waals surface area contributed by atoms with Crippen molar-refractivity contribution in [2.24, 2.45) is 0 Å². The quantitative estimate of drug-likeness (QED) is 0.589. The van der Waals surface area contributed by atoms with E-state index >= 15 is 0 Å². The number of para-hydroxylation sites is 1. The molecule has 0 spiro atoms. The molecule has 0 N–H and O–H groups in total. The molecular formula is C11H12N2. The highest BCUT2D eigenvalue weighted by Gasteiger charge is 2.25. The van der Waals surface area contributed by atoms with Crippen molar-refractivity contribution in [2.45, 2.75) is 12.5 Å². The predicted octanol–water partition coefficient (Wildman–Crippen LogP) is 2.18. The molecule has 1 aromatic carbocycles. The molecule has 1 heterocycles. The standard InChI is InChI=1S/C11H12N2/c1-12-10-7-8-13(9-10)11-5-3-2-4-6-11/h2-6,10H,7-9H2. The summed E-state index contributed by atoms with van der Waals surface area (Å²) in [7, 11) is 0. The fourth-order valence-corrected chi connectivity index (χ4v) is 1.72. The molecule has 0 aromatic heterocycles. The molecule has 0 amide bonds. The Morgan fingerprint density at radius 1 is 1.31 bits per heavy atom. The van der Waals surface area contributed by atoms with Crippen LogP contribution in [0.15, 0.2) is 30.3 Å². The van der Waals surface area contributed by atoms with E-state index in [1.54, 1.807) is 0 Å². The zero-order valence-corrected chi connectivity index (χ0v) is 7.48. The Labute approximate surface area is 78.6 Å². The van der Waals surface area contributed by atoms with Gasteiger partial charge >= 0.3 is 0 Å². The predicted molar refractivity (Wildman–Crippen MR) is 53.7 cm³/mol. The normalized spacial score (nSPS) is 21.5. The minimum Gasteiger partial charge on any atom is -0.363 e. The smallest absolute Gasteiger partial charge is 0.242 e. The Morgan fingerprint density at radius 2 is 2.08 bits per heavy atom. The van der Waals surface area contributed by atoms with E-state index in [0.29, 0.717) is 0 Å². The molecule has 0 bridgehead atoms. The lowest BCUT2D eigenvalue weighted by Gasteiger charge is -2.15. The van der Waals surface area contributed by atoms with E-state index < -0.39 is 0 Å². The summed E-state index contributed by atoms with van der Waals surface area (Å²) >= 11 is 0. The number of rotatable bonds is 1. The third-order valence-electron chi connectivity index (χ3n) is 2.47. The summed E-state index contributed by atoms with van der Waals surface area (Å²) in [4.78, 5) is 5.85. The van der Waals surface area contributed by atoms with Crippen molar-refractivity contribution in [3.8, 4) is 0 Å². The van der Waals surface area contributed by atoms with E-state index in [-0.39, 0.29) is 6.04 Å². The molecule has 1 saturated heterocycles. The fraction of sp³-hybridized carbons (Fsp3) is 0.364. The minimum absolute atomic E-state index is 0.209. The van der Waals surface area contributed by atoms with E-state index in [1.807, 2.05) is 18.2 Å². The van der Waals surface area contributed by atoms with Crippen LogP contribution in [0.1, 0.15) is 6.42 Å². The zero-order chi connectivity index (χ0) is 9.10. The third-order valence-corrected chi connectivity index (χ3v) is 2.47. The lowest BCUT2D eigenvalue weighted by Crippen LogP contribution is -2.19. The Hall–Kier alpha value is -1.49. The minimum atomic E-state index is 0.209. The van der Waals surface area contributed by atoms with Gasteiger partial charge in [-0.3, -0.25) is 0 Å². The second-order valence-electron chi connectivity index (χ2n) is 3.35. The molecule has 2 rings (SSSR count). The van der Waals surface area contributed by atoms with Gasteiger partial charge in [0.1, 0.15) is 0 Å². The highest BCUT2D eigenvalue weighted by Crippen LogP contribution is 2.20. The van der Waals surface area contributed by atoms with E-state index in [1.165, 1.54) is 5.69 Å². The van der Waals surface area contributed by atoms with Gasteiger partial charge in [-0.05, 0) is 12.1 Å². The molecule has 1 atom stereocenters. The maximum absolute atomic E-state index is 6.95. The van der Waals surface area contributed by atoms with E-state index in [4.69, 9.17) is 6.57 Å². The van der Waals surface area contributed by atoms with Gasteiger partial charge in [-0.1, -0.05) is 18.2 Å². The van der Waals surface area contributed by atoms with Gasteiger partial charge in [-0.15, -0.1) is 0 Å². The number of hydrogen-bond acceptors (Lipinski definition) is 1. The average Bonchev–Trinajstić information content (AvgIpc) is 2.67. The summed E-state index contributed by atoms with van der Waals surface area (Å²) in [5.41, 5.74) is 1.24. The zero-order valence-electron chi connectivity index (χ0n) is 7.48. The maximum Gasteiger partial charge on any atom is 0.242 e. The van der Waals surface area contributed by atoms with Crippen molar-refractivity contribution in [1.82, 2.24) is 0 Å². The van der Waals surface area contributed by atoms with Crippen LogP contribution in [-0.4, -0.2) is 19.1 Å². The Kier molecular flexibility index (Phi) is 2.18. The fourth-order valence-electron chi connectivity index (χ4n) is 1.72. The third kappa shape index (κ3) is 1.65. The number of anilines is 1. The van der Waals surface area contributed by atoms with Crippen LogP contribution in [0.2, 0.25) is 0 Å². The van der Waals surface area contributed by atoms with Crippen LogP contribution in [0.3, 0.4) is 0 Å². The maximum atomic E-state index is 6.95. The van der Waals surface area contributed by atoms with Crippen molar-refractivity contribution >= 4 is 5.69 Å². The summed E-state index contributed by atoms with van der Waals surface area (Å²) in [6.45, 7) is 8.87. The molecule has 0 aliphatic carbocycles. The number of benzene rings is 1. The lowest BCUT2D eigenvalue weighted by atomic mass is 10.3. The molecule has 2 nitrogen and oxygen atoms in total. The number of hydrogen-bond donors (Lipinski definition) is 0. The van der Waals surface area contributed by atoms with Gasteiger partial charge in [0.2, 0.25) is 6.04 Å². The van der Waals surface area contributed by atoms with E-state index in [9.17, 15) is 0 Å². The molecule has 2 heteroatoms. The van der Waals surface area contributed by atoms with Crippen LogP contribution in [0.5, 0.6) is 0 Å². The second-order valence-corrected chi connectivity index (χ2v) is 3.35. The summed E-state index contributed by atoms with van der Waals surface area (Å²) in [5.74, 6) is 0. The Balaban J connectivity index is 2.09. The summed E-state index contributed by atoms with van der Waals surface area (Å²) in [6, 6.07) is 10.5. The largest absolute Gasteiger partial charge is 0.363 e. The van der Waals surface area contributed by atoms with E-state index in [2.05, 4.69) is 21.9 Å². The monoisotopic (exact) mass is 172 g/mol. The van der Waals surface area contributed by atoms with Crippen LogP contribution < -0.4 is 4.90 Å². The van der Waals surface area contributed by atoms with Crippen LogP contribution in [0.4, 0.5) is 5.69 Å². The van der Waals surface area contributed by atoms with Crippen molar-refractivity contribution < 1.29 is 0 Å². The Bertz CT molecular complexity index is 313. The van der Waals surface area contributed by atoms with Crippen molar-refractivity contribution in [1.29, 1.82) is 0 Å². The van der Waals surface area contributed by atoms with Gasteiger partial charge in [0.05, 0.1) is 6.54 Å². The summed E-state index contributed by atoms with van der Waals surface area (Å²) < 4.78 is 0. The molecular weight excluding hydrogens is 160 g/mol. The first kappa shape index (κ1) is 8.12. The van der Waals surface area contributed by atoms with Gasteiger partial charge < -0.3 is 9.74 Å². The molecule has 0 saturated carbocycles. The molecule has 1 aromatic rings. The van der Waals surface area contributed by atoms with Crippen LogP contribution in [0, 0.1) is 6.57 Å². The van der Waals surface area contributed by atoms with E-state index in [0.717, 1.165) is 19.5 Å². The van der Waals surface area contributed by atoms with Gasteiger partial charge in [0.25, 0.3) is 0 Å². The van der Waals surface area contributed by atoms with Gasteiger partial charge in [0.15, 0.2) is 0 Å². The summed E-state index contributed by atoms with van der Waals surface area (Å²) in [6.07, 6.45) is 1.01. The Morgan fingerprint density at radius 3 is 2.69 bits per heavy atom. The molecule has 0 radical (unpaired) electrons. The first-order chi connectivity index (χ1) is 6.40. The first-order valence-electron chi connectivity index (χ1n) is 4.57. The SMILES string of the molecule is [C-]#[N+]C1CCN(c2ccccc2)C1.